The maximum atomic E-state index is 12.0. The van der Waals surface area contributed by atoms with Crippen molar-refractivity contribution >= 4 is 52.2 Å². The van der Waals surface area contributed by atoms with Crippen molar-refractivity contribution in [1.82, 2.24) is 10.2 Å². The average Bonchev–Trinajstić information content (AvgIpc) is 2.97. The highest BCUT2D eigenvalue weighted by molar-refractivity contribution is 8.15. The van der Waals surface area contributed by atoms with Gasteiger partial charge in [0.1, 0.15) is 0 Å². The van der Waals surface area contributed by atoms with Crippen LogP contribution in [0.4, 0.5) is 0 Å². The van der Waals surface area contributed by atoms with E-state index in [-0.39, 0.29) is 22.4 Å². The van der Waals surface area contributed by atoms with Crippen LogP contribution in [0.1, 0.15) is 33.6 Å². The third kappa shape index (κ3) is 4.50. The Morgan fingerprint density at radius 1 is 1.42 bits per heavy atom. The summed E-state index contributed by atoms with van der Waals surface area (Å²) in [5.41, 5.74) is -0.0798. The molecule has 3 atom stereocenters. The van der Waals surface area contributed by atoms with Crippen LogP contribution in [0.25, 0.3) is 0 Å². The zero-order valence-corrected chi connectivity index (χ0v) is 15.6. The molecule has 0 aromatic rings. The minimum Gasteiger partial charge on any atom is -0.441 e. The van der Waals surface area contributed by atoms with E-state index in [1.165, 1.54) is 11.8 Å². The van der Waals surface area contributed by atoms with Gasteiger partial charge in [-0.2, -0.15) is 5.10 Å². The lowest BCUT2D eigenvalue weighted by Gasteiger charge is -2.10. The summed E-state index contributed by atoms with van der Waals surface area (Å²) >= 11 is 2.62. The number of amides is 2. The molecule has 8 nitrogen and oxygen atoms in total. The summed E-state index contributed by atoms with van der Waals surface area (Å²) in [5.74, 6) is -0.821. The Kier molecular flexibility index (Phi) is 6.27. The maximum absolute atomic E-state index is 12.0. The van der Waals surface area contributed by atoms with Gasteiger partial charge in [-0.05, 0) is 25.1 Å². The van der Waals surface area contributed by atoms with Crippen molar-refractivity contribution in [2.75, 3.05) is 7.05 Å². The van der Waals surface area contributed by atoms with Gasteiger partial charge in [-0.25, -0.2) is 0 Å². The monoisotopic (exact) mass is 372 g/mol. The first-order valence-corrected chi connectivity index (χ1v) is 9.34. The first-order chi connectivity index (χ1) is 11.3. The van der Waals surface area contributed by atoms with Gasteiger partial charge >= 0.3 is 5.97 Å². The molecule has 2 rings (SSSR count). The van der Waals surface area contributed by atoms with Gasteiger partial charge in [-0.3, -0.25) is 19.3 Å². The molecule has 0 spiro atoms. The molecule has 2 saturated heterocycles. The molecule has 3 unspecified atom stereocenters. The fourth-order valence-corrected chi connectivity index (χ4v) is 4.22. The van der Waals surface area contributed by atoms with Crippen molar-refractivity contribution in [1.29, 1.82) is 0 Å². The highest BCUT2D eigenvalue weighted by atomic mass is 32.2. The Morgan fingerprint density at radius 2 is 2.12 bits per heavy atom. The number of likely N-dealkylation sites (N-methyl/N-ethyl adjacent to an activating group) is 1. The quantitative estimate of drug-likeness (QED) is 0.442. The number of rotatable bonds is 5. The summed E-state index contributed by atoms with van der Waals surface area (Å²) in [6.45, 7) is 5.08. The van der Waals surface area contributed by atoms with Gasteiger partial charge in [-0.1, -0.05) is 6.92 Å². The van der Waals surface area contributed by atoms with Crippen molar-refractivity contribution in [3.63, 3.8) is 0 Å². The van der Waals surface area contributed by atoms with Crippen LogP contribution in [-0.4, -0.2) is 56.7 Å². The third-order valence-corrected chi connectivity index (χ3v) is 5.77. The van der Waals surface area contributed by atoms with Crippen molar-refractivity contribution in [3.05, 3.63) is 0 Å². The Morgan fingerprint density at radius 3 is 2.67 bits per heavy atom. The zero-order valence-electron chi connectivity index (χ0n) is 13.9. The number of hydrogen-bond donors (Lipinski definition) is 1. The summed E-state index contributed by atoms with van der Waals surface area (Å²) in [5, 5.41) is 11.6. The number of thioether (sulfide) groups is 2. The SMILES string of the molecule is CCC(CC1NC(=O)C(C)S1)=NN=C1SC(OC(C)=O)C(=O)N1C. The number of esters is 1. The van der Waals surface area contributed by atoms with Gasteiger partial charge in [0, 0.05) is 26.1 Å². The lowest BCUT2D eigenvalue weighted by atomic mass is 10.2. The molecule has 2 aliphatic heterocycles. The highest BCUT2D eigenvalue weighted by Crippen LogP contribution is 2.28. The van der Waals surface area contributed by atoms with Crippen molar-refractivity contribution in [2.24, 2.45) is 10.2 Å². The zero-order chi connectivity index (χ0) is 17.9. The number of carbonyl (C=O) groups is 3. The standard InChI is InChI=1S/C14H20N4O4S2/c1-5-9(6-10-15-11(20)7(2)23-10)16-17-14-18(4)12(21)13(24-14)22-8(3)19/h7,10,13H,5-6H2,1-4H3,(H,15,20). The van der Waals surface area contributed by atoms with Crippen LogP contribution >= 0.6 is 23.5 Å². The van der Waals surface area contributed by atoms with Gasteiger partial charge in [0.15, 0.2) is 5.17 Å². The minimum absolute atomic E-state index is 0.00390. The molecule has 24 heavy (non-hydrogen) atoms. The van der Waals surface area contributed by atoms with Crippen LogP contribution in [-0.2, 0) is 19.1 Å². The number of carbonyl (C=O) groups excluding carboxylic acids is 3. The van der Waals surface area contributed by atoms with E-state index in [0.717, 1.165) is 17.5 Å². The normalized spacial score (nSPS) is 29.3. The second kappa shape index (κ2) is 8.02. The lowest BCUT2D eigenvalue weighted by molar-refractivity contribution is -0.149. The minimum atomic E-state index is -0.906. The Hall–Kier alpha value is -1.55. The molecular formula is C14H20N4O4S2. The molecule has 2 fully saturated rings. The molecule has 2 aliphatic rings. The fraction of sp³-hybridized carbons (Fsp3) is 0.643. The van der Waals surface area contributed by atoms with E-state index in [1.54, 1.807) is 18.8 Å². The topological polar surface area (TPSA) is 100 Å². The number of amidine groups is 1. The van der Waals surface area contributed by atoms with Crippen LogP contribution in [0, 0.1) is 0 Å². The molecule has 0 radical (unpaired) electrons. The van der Waals surface area contributed by atoms with Gasteiger partial charge < -0.3 is 10.1 Å². The van der Waals surface area contributed by atoms with Gasteiger partial charge in [0.2, 0.25) is 11.3 Å². The summed E-state index contributed by atoms with van der Waals surface area (Å²) in [4.78, 5) is 35.8. The molecule has 0 bridgehead atoms. The smallest absolute Gasteiger partial charge is 0.304 e. The highest BCUT2D eigenvalue weighted by Gasteiger charge is 2.38. The molecule has 0 aromatic heterocycles. The van der Waals surface area contributed by atoms with Gasteiger partial charge in [-0.15, -0.1) is 16.9 Å². The molecule has 0 aliphatic carbocycles. The predicted molar refractivity (Wildman–Crippen MR) is 94.7 cm³/mol. The summed E-state index contributed by atoms with van der Waals surface area (Å²) in [6.07, 6.45) is 1.29. The molecular weight excluding hydrogens is 352 g/mol. The molecule has 1 N–H and O–H groups in total. The first-order valence-electron chi connectivity index (χ1n) is 7.52. The number of hydrogen-bond acceptors (Lipinski definition) is 8. The van der Waals surface area contributed by atoms with E-state index in [4.69, 9.17) is 4.74 Å². The Labute approximate surface area is 148 Å². The van der Waals surface area contributed by atoms with Gasteiger partial charge in [0.05, 0.1) is 10.6 Å². The van der Waals surface area contributed by atoms with Crippen molar-refractivity contribution < 1.29 is 19.1 Å². The molecule has 2 amide bonds. The van der Waals surface area contributed by atoms with Crippen molar-refractivity contribution in [2.45, 2.75) is 49.7 Å². The second-order valence-electron chi connectivity index (χ2n) is 5.34. The molecule has 0 aromatic carbocycles. The third-order valence-electron chi connectivity index (χ3n) is 3.45. The largest absolute Gasteiger partial charge is 0.441 e. The predicted octanol–water partition coefficient (Wildman–Crippen LogP) is 1.17. The van der Waals surface area contributed by atoms with Crippen LogP contribution in [0.2, 0.25) is 0 Å². The summed E-state index contributed by atoms with van der Waals surface area (Å²) < 4.78 is 4.94. The molecule has 10 heteroatoms. The van der Waals surface area contributed by atoms with Crippen molar-refractivity contribution in [3.8, 4) is 0 Å². The first kappa shape index (κ1) is 18.8. The molecule has 132 valence electrons. The van der Waals surface area contributed by atoms with E-state index >= 15 is 0 Å². The van der Waals surface area contributed by atoms with Crippen LogP contribution in [0.15, 0.2) is 10.2 Å². The van der Waals surface area contributed by atoms with Crippen LogP contribution in [0.5, 0.6) is 0 Å². The maximum Gasteiger partial charge on any atom is 0.304 e. The number of nitrogens with one attached hydrogen (secondary N) is 1. The van der Waals surface area contributed by atoms with Crippen LogP contribution < -0.4 is 5.32 Å². The van der Waals surface area contributed by atoms with E-state index < -0.39 is 11.4 Å². The Bertz CT molecular complexity index is 608. The summed E-state index contributed by atoms with van der Waals surface area (Å²) in [7, 11) is 1.56. The summed E-state index contributed by atoms with van der Waals surface area (Å²) in [6, 6.07) is 0. The second-order valence-corrected chi connectivity index (χ2v) is 7.92. The number of nitrogens with zero attached hydrogens (tertiary/aromatic N) is 3. The lowest BCUT2D eigenvalue weighted by Crippen LogP contribution is -2.30. The average molecular weight is 372 g/mol. The van der Waals surface area contributed by atoms with Crippen LogP contribution in [0.3, 0.4) is 0 Å². The Balaban J connectivity index is 2.03. The van der Waals surface area contributed by atoms with E-state index in [2.05, 4.69) is 15.5 Å². The van der Waals surface area contributed by atoms with E-state index in [0.29, 0.717) is 18.0 Å². The van der Waals surface area contributed by atoms with E-state index in [9.17, 15) is 14.4 Å². The fourth-order valence-electron chi connectivity index (χ4n) is 2.09. The molecule has 0 saturated carbocycles. The van der Waals surface area contributed by atoms with Gasteiger partial charge in [0.25, 0.3) is 5.91 Å². The van der Waals surface area contributed by atoms with E-state index in [1.807, 2.05) is 13.8 Å². The molecule has 2 heterocycles. The number of ether oxygens (including phenoxy) is 1.